The second kappa shape index (κ2) is 5.14. The van der Waals surface area contributed by atoms with Crippen molar-refractivity contribution in [1.82, 2.24) is 0 Å². The van der Waals surface area contributed by atoms with E-state index in [1.807, 2.05) is 0 Å². The van der Waals surface area contributed by atoms with Gasteiger partial charge in [-0.25, -0.2) is 0 Å². The fourth-order valence-electron chi connectivity index (χ4n) is 1.61. The number of hydrogen-bond donors (Lipinski definition) is 4. The molecule has 17 heavy (non-hydrogen) atoms. The molecule has 0 spiro atoms. The fraction of sp³-hybridized carbons (Fsp3) is 0.455. The zero-order chi connectivity index (χ0) is 12.4. The normalized spacial score (nSPS) is 33.4. The summed E-state index contributed by atoms with van der Waals surface area (Å²) in [5.74, 6) is 0.542. The van der Waals surface area contributed by atoms with Crippen molar-refractivity contribution < 1.29 is 19.7 Å². The summed E-state index contributed by atoms with van der Waals surface area (Å²) >= 11 is 4.16. The Labute approximate surface area is 105 Å². The van der Waals surface area contributed by atoms with Crippen molar-refractivity contribution in [3.63, 3.8) is 0 Å². The predicted molar refractivity (Wildman–Crippen MR) is 66.0 cm³/mol. The van der Waals surface area contributed by atoms with Gasteiger partial charge in [0.25, 0.3) is 0 Å². The van der Waals surface area contributed by atoms with Gasteiger partial charge in [-0.2, -0.15) is 0 Å². The van der Waals surface area contributed by atoms with Crippen LogP contribution in [0.5, 0.6) is 5.75 Å². The van der Waals surface area contributed by atoms with Crippen molar-refractivity contribution in [3.8, 4) is 5.75 Å². The third-order valence-corrected chi connectivity index (χ3v) is 3.04. The molecule has 1 aliphatic heterocycles. The Hall–Kier alpha value is -0.950. The molecule has 4 N–H and O–H groups in total. The summed E-state index contributed by atoms with van der Waals surface area (Å²) in [7, 11) is 0. The van der Waals surface area contributed by atoms with E-state index in [1.165, 1.54) is 0 Å². The molecule has 1 heterocycles. The van der Waals surface area contributed by atoms with Crippen LogP contribution >= 0.6 is 12.6 Å². The Kier molecular flexibility index (Phi) is 3.78. The predicted octanol–water partition coefficient (Wildman–Crippen LogP) is 0.0241. The molecular formula is C11H15NO4S. The maximum absolute atomic E-state index is 9.80. The van der Waals surface area contributed by atoms with E-state index in [4.69, 9.17) is 15.2 Å². The van der Waals surface area contributed by atoms with E-state index >= 15 is 0 Å². The molecule has 1 fully saturated rings. The van der Waals surface area contributed by atoms with E-state index in [0.717, 1.165) is 0 Å². The Morgan fingerprint density at radius 1 is 1.29 bits per heavy atom. The van der Waals surface area contributed by atoms with Crippen LogP contribution < -0.4 is 10.5 Å². The molecule has 1 aromatic carbocycles. The van der Waals surface area contributed by atoms with Crippen LogP contribution in [0.1, 0.15) is 0 Å². The van der Waals surface area contributed by atoms with Crippen LogP contribution in [0.15, 0.2) is 24.3 Å². The fourth-order valence-corrected chi connectivity index (χ4v) is 1.93. The van der Waals surface area contributed by atoms with Gasteiger partial charge in [0.1, 0.15) is 23.4 Å². The molecule has 0 bridgehead atoms. The minimum atomic E-state index is -1.02. The molecule has 0 unspecified atom stereocenters. The lowest BCUT2D eigenvalue weighted by Gasteiger charge is -2.35. The third kappa shape index (κ3) is 2.84. The van der Waals surface area contributed by atoms with E-state index in [1.54, 1.807) is 24.3 Å². The summed E-state index contributed by atoms with van der Waals surface area (Å²) in [5, 5.41) is 19.3. The van der Waals surface area contributed by atoms with Crippen LogP contribution in [0.3, 0.4) is 0 Å². The maximum atomic E-state index is 9.80. The van der Waals surface area contributed by atoms with E-state index in [9.17, 15) is 10.2 Å². The Morgan fingerprint density at radius 2 is 1.94 bits per heavy atom. The molecule has 0 saturated carbocycles. The monoisotopic (exact) mass is 257 g/mol. The molecule has 6 heteroatoms. The summed E-state index contributed by atoms with van der Waals surface area (Å²) in [6.45, 7) is 0.0525. The minimum Gasteiger partial charge on any atom is -0.484 e. The Morgan fingerprint density at radius 3 is 2.59 bits per heavy atom. The van der Waals surface area contributed by atoms with Gasteiger partial charge >= 0.3 is 0 Å². The number of rotatable bonds is 2. The molecule has 0 aliphatic carbocycles. The van der Waals surface area contributed by atoms with Crippen molar-refractivity contribution in [2.75, 3.05) is 12.3 Å². The topological polar surface area (TPSA) is 84.9 Å². The van der Waals surface area contributed by atoms with Crippen LogP contribution in [0.4, 0.5) is 5.69 Å². The standard InChI is InChI=1S/C11H15NO4S/c12-6-1-3-7(4-2-6)16-10-9(14)8(13)5-15-11(10)17/h1-4,8-11,13-14,17H,5,12H2/t8-,9+,10-,11+/m1/s1. The van der Waals surface area contributed by atoms with Gasteiger partial charge in [-0.15, -0.1) is 12.6 Å². The zero-order valence-electron chi connectivity index (χ0n) is 9.06. The first-order chi connectivity index (χ1) is 8.08. The van der Waals surface area contributed by atoms with E-state index < -0.39 is 23.7 Å². The lowest BCUT2D eigenvalue weighted by atomic mass is 10.1. The van der Waals surface area contributed by atoms with Gasteiger partial charge in [0, 0.05) is 5.69 Å². The molecule has 1 aromatic rings. The first kappa shape index (κ1) is 12.5. The van der Waals surface area contributed by atoms with E-state index in [0.29, 0.717) is 11.4 Å². The van der Waals surface area contributed by atoms with Crippen molar-refractivity contribution in [2.45, 2.75) is 23.7 Å². The van der Waals surface area contributed by atoms with Crippen molar-refractivity contribution in [1.29, 1.82) is 0 Å². The molecule has 0 aromatic heterocycles. The number of aliphatic hydroxyl groups is 2. The van der Waals surface area contributed by atoms with Crippen LogP contribution in [-0.4, -0.2) is 40.6 Å². The van der Waals surface area contributed by atoms with Crippen molar-refractivity contribution >= 4 is 18.3 Å². The summed E-state index contributed by atoms with van der Waals surface area (Å²) in [5.41, 5.74) is 5.60. The number of anilines is 1. The number of ether oxygens (including phenoxy) is 2. The molecule has 2 rings (SSSR count). The van der Waals surface area contributed by atoms with Crippen LogP contribution in [0.2, 0.25) is 0 Å². The SMILES string of the molecule is Nc1ccc(O[C@@H]2[C@@H](O)[C@H](O)CO[C@H]2S)cc1. The van der Waals surface area contributed by atoms with Crippen LogP contribution in [-0.2, 0) is 4.74 Å². The number of nitrogen functional groups attached to an aromatic ring is 1. The Balaban J connectivity index is 2.08. The molecular weight excluding hydrogens is 242 g/mol. The number of aliphatic hydroxyl groups excluding tert-OH is 2. The smallest absolute Gasteiger partial charge is 0.162 e. The molecule has 0 radical (unpaired) electrons. The maximum Gasteiger partial charge on any atom is 0.162 e. The molecule has 0 amide bonds. The number of hydrogen-bond acceptors (Lipinski definition) is 6. The average molecular weight is 257 g/mol. The minimum absolute atomic E-state index is 0.0525. The number of nitrogens with two attached hydrogens (primary N) is 1. The zero-order valence-corrected chi connectivity index (χ0v) is 9.96. The van der Waals surface area contributed by atoms with E-state index in [-0.39, 0.29) is 6.61 Å². The lowest BCUT2D eigenvalue weighted by molar-refractivity contribution is -0.152. The highest BCUT2D eigenvalue weighted by molar-refractivity contribution is 7.80. The molecule has 94 valence electrons. The second-order valence-corrected chi connectivity index (χ2v) is 4.44. The van der Waals surface area contributed by atoms with Crippen molar-refractivity contribution in [3.05, 3.63) is 24.3 Å². The van der Waals surface area contributed by atoms with Gasteiger partial charge < -0.3 is 25.4 Å². The first-order valence-electron chi connectivity index (χ1n) is 5.26. The van der Waals surface area contributed by atoms with Crippen molar-refractivity contribution in [2.24, 2.45) is 0 Å². The largest absolute Gasteiger partial charge is 0.484 e. The number of benzene rings is 1. The van der Waals surface area contributed by atoms with Gasteiger partial charge in [-0.05, 0) is 24.3 Å². The molecule has 5 nitrogen and oxygen atoms in total. The summed E-state index contributed by atoms with van der Waals surface area (Å²) in [4.78, 5) is 0. The second-order valence-electron chi connectivity index (χ2n) is 3.93. The quantitative estimate of drug-likeness (QED) is 0.443. The lowest BCUT2D eigenvalue weighted by Crippen LogP contribution is -2.53. The highest BCUT2D eigenvalue weighted by Crippen LogP contribution is 2.24. The van der Waals surface area contributed by atoms with Crippen LogP contribution in [0, 0.1) is 0 Å². The van der Waals surface area contributed by atoms with E-state index in [2.05, 4.69) is 12.6 Å². The van der Waals surface area contributed by atoms with Crippen LogP contribution in [0.25, 0.3) is 0 Å². The summed E-state index contributed by atoms with van der Waals surface area (Å²) in [6, 6.07) is 6.75. The third-order valence-electron chi connectivity index (χ3n) is 2.60. The highest BCUT2D eigenvalue weighted by atomic mass is 32.1. The summed E-state index contributed by atoms with van der Waals surface area (Å²) in [6.07, 6.45) is -2.70. The summed E-state index contributed by atoms with van der Waals surface area (Å²) < 4.78 is 10.7. The highest BCUT2D eigenvalue weighted by Gasteiger charge is 2.38. The van der Waals surface area contributed by atoms with Gasteiger partial charge in [-0.1, -0.05) is 0 Å². The van der Waals surface area contributed by atoms with Gasteiger partial charge in [0.05, 0.1) is 6.61 Å². The molecule has 1 saturated heterocycles. The number of thiol groups is 1. The molecule has 1 aliphatic rings. The average Bonchev–Trinajstić information content (AvgIpc) is 2.32. The first-order valence-corrected chi connectivity index (χ1v) is 5.77. The molecule has 4 atom stereocenters. The Bertz CT molecular complexity index is 372. The van der Waals surface area contributed by atoms with Gasteiger partial charge in [0.2, 0.25) is 0 Å². The van der Waals surface area contributed by atoms with Gasteiger partial charge in [-0.3, -0.25) is 0 Å². The van der Waals surface area contributed by atoms with Gasteiger partial charge in [0.15, 0.2) is 6.10 Å².